The average molecular weight is 390 g/mol. The fourth-order valence-electron chi connectivity index (χ4n) is 2.36. The number of fused-ring (bicyclic) bond motifs is 1. The third kappa shape index (κ3) is 3.87. The molecule has 1 fully saturated rings. The van der Waals surface area contributed by atoms with Crippen LogP contribution < -0.4 is 27.4 Å². The number of hydrogen-bond acceptors (Lipinski definition) is 5. The standard InChI is InChI=1S/C13H15N3O2S2.BrH/c1-9(10-5-3-2-4-6-10)15-16-13-14-11-7-20(17,18)8-12(11)19-13;/h2-6,11-12H,7-8H2,1H3,(H,14,16);1H/b15-9-;. The Morgan fingerprint density at radius 2 is 2.05 bits per heavy atom. The third-order valence-electron chi connectivity index (χ3n) is 3.40. The van der Waals surface area contributed by atoms with Gasteiger partial charge in [-0.25, -0.2) is 8.42 Å². The fourth-order valence-corrected chi connectivity index (χ4v) is 6.05. The van der Waals surface area contributed by atoms with Gasteiger partial charge in [0.05, 0.1) is 22.5 Å². The maximum Gasteiger partial charge on any atom is 0.330 e. The molecule has 3 rings (SSSR count). The molecule has 1 aromatic carbocycles. The Balaban J connectivity index is 0.00000161. The number of nitrogens with zero attached hydrogens (tertiary/aromatic N) is 1. The second-order valence-electron chi connectivity index (χ2n) is 4.99. The van der Waals surface area contributed by atoms with E-state index in [1.807, 2.05) is 37.3 Å². The van der Waals surface area contributed by atoms with Crippen LogP contribution in [0.15, 0.2) is 35.4 Å². The van der Waals surface area contributed by atoms with Crippen LogP contribution in [0.25, 0.3) is 0 Å². The Morgan fingerprint density at radius 1 is 1.33 bits per heavy atom. The molecule has 1 aromatic rings. The lowest BCUT2D eigenvalue weighted by molar-refractivity contribution is -0.489. The van der Waals surface area contributed by atoms with Gasteiger partial charge in [-0.1, -0.05) is 35.4 Å². The minimum Gasteiger partial charge on any atom is -1.00 e. The van der Waals surface area contributed by atoms with E-state index < -0.39 is 9.84 Å². The van der Waals surface area contributed by atoms with Gasteiger partial charge in [-0.2, -0.15) is 0 Å². The molecule has 2 aliphatic rings. The first-order valence-corrected chi connectivity index (χ1v) is 9.10. The van der Waals surface area contributed by atoms with Crippen molar-refractivity contribution in [2.45, 2.75) is 18.2 Å². The van der Waals surface area contributed by atoms with Gasteiger partial charge in [-0.05, 0) is 24.2 Å². The van der Waals surface area contributed by atoms with Crippen LogP contribution in [0.3, 0.4) is 0 Å². The maximum absolute atomic E-state index is 11.5. The normalized spacial score (nSPS) is 26.7. The molecule has 0 aliphatic carbocycles. The molecule has 0 radical (unpaired) electrons. The number of hydrogen-bond donors (Lipinski definition) is 2. The van der Waals surface area contributed by atoms with E-state index >= 15 is 0 Å². The first-order chi connectivity index (χ1) is 9.53. The van der Waals surface area contributed by atoms with Gasteiger partial charge >= 0.3 is 5.17 Å². The zero-order valence-corrected chi connectivity index (χ0v) is 14.6. The van der Waals surface area contributed by atoms with Crippen LogP contribution in [0.2, 0.25) is 0 Å². The van der Waals surface area contributed by atoms with Crippen molar-refractivity contribution in [1.29, 1.82) is 0 Å². The first kappa shape index (κ1) is 16.5. The summed E-state index contributed by atoms with van der Waals surface area (Å²) in [6.07, 6.45) is 0. The number of benzene rings is 1. The zero-order valence-electron chi connectivity index (χ0n) is 11.4. The Morgan fingerprint density at radius 3 is 2.71 bits per heavy atom. The van der Waals surface area contributed by atoms with Crippen LogP contribution in [-0.2, 0) is 9.84 Å². The van der Waals surface area contributed by atoms with E-state index in [1.165, 1.54) is 11.8 Å². The predicted molar refractivity (Wildman–Crippen MR) is 81.6 cm³/mol. The minimum absolute atomic E-state index is 0. The van der Waals surface area contributed by atoms with Crippen molar-refractivity contribution in [3.05, 3.63) is 35.9 Å². The molecule has 0 aromatic heterocycles. The quantitative estimate of drug-likeness (QED) is 0.404. The second kappa shape index (κ2) is 6.50. The van der Waals surface area contributed by atoms with Crippen LogP contribution in [0.5, 0.6) is 0 Å². The molecule has 0 bridgehead atoms. The molecule has 8 heteroatoms. The summed E-state index contributed by atoms with van der Waals surface area (Å²) in [7, 11) is -2.86. The molecule has 2 aliphatic heterocycles. The predicted octanol–water partition coefficient (Wildman–Crippen LogP) is -3.65. The largest absolute Gasteiger partial charge is 1.00 e. The Kier molecular flexibility index (Phi) is 5.11. The molecule has 2 heterocycles. The molecular formula is C13H16BrN3O2S2. The minimum atomic E-state index is -2.86. The van der Waals surface area contributed by atoms with E-state index in [0.29, 0.717) is 0 Å². The highest BCUT2D eigenvalue weighted by Gasteiger charge is 2.45. The highest BCUT2D eigenvalue weighted by molar-refractivity contribution is 8.15. The molecular weight excluding hydrogens is 374 g/mol. The topological polar surface area (TPSA) is 72.5 Å². The number of amidine groups is 1. The number of sulfone groups is 1. The summed E-state index contributed by atoms with van der Waals surface area (Å²) in [5, 5.41) is 5.28. The number of rotatable bonds is 2. The lowest BCUT2D eigenvalue weighted by Crippen LogP contribution is -3.00. The Bertz CT molecular complexity index is 674. The van der Waals surface area contributed by atoms with Crippen molar-refractivity contribution < 1.29 is 30.4 Å². The van der Waals surface area contributed by atoms with Crippen LogP contribution in [-0.4, -0.2) is 42.1 Å². The van der Waals surface area contributed by atoms with E-state index in [2.05, 4.69) is 15.5 Å². The zero-order chi connectivity index (χ0) is 14.2. The Labute approximate surface area is 139 Å². The van der Waals surface area contributed by atoms with Gasteiger partial charge in [0.15, 0.2) is 9.84 Å². The monoisotopic (exact) mass is 389 g/mol. The number of thioether (sulfide) groups is 1. The lowest BCUT2D eigenvalue weighted by Gasteiger charge is -1.99. The molecule has 0 amide bonds. The summed E-state index contributed by atoms with van der Waals surface area (Å²) in [6, 6.07) is 9.93. The SMILES string of the molecule is C/C(=N/NC1=[NH+]C2CS(=O)(=O)CC2S1)c1ccccc1.[Br-]. The summed E-state index contributed by atoms with van der Waals surface area (Å²) in [5.41, 5.74) is 4.95. The lowest BCUT2D eigenvalue weighted by atomic mass is 10.1. The van der Waals surface area contributed by atoms with Crippen molar-refractivity contribution in [2.75, 3.05) is 11.5 Å². The van der Waals surface area contributed by atoms with Crippen LogP contribution in [0.1, 0.15) is 12.5 Å². The van der Waals surface area contributed by atoms with Gasteiger partial charge in [0.1, 0.15) is 6.04 Å². The maximum atomic E-state index is 11.5. The van der Waals surface area contributed by atoms with Gasteiger partial charge < -0.3 is 17.0 Å². The van der Waals surface area contributed by atoms with Crippen molar-refractivity contribution in [3.8, 4) is 0 Å². The fraction of sp³-hybridized carbons (Fsp3) is 0.385. The number of halogens is 1. The van der Waals surface area contributed by atoms with Gasteiger partial charge in [-0.15, -0.1) is 5.43 Å². The van der Waals surface area contributed by atoms with Crippen LogP contribution >= 0.6 is 11.8 Å². The van der Waals surface area contributed by atoms with E-state index in [9.17, 15) is 8.42 Å². The van der Waals surface area contributed by atoms with Crippen LogP contribution in [0.4, 0.5) is 0 Å². The molecule has 0 spiro atoms. The van der Waals surface area contributed by atoms with Crippen molar-refractivity contribution in [1.82, 2.24) is 5.43 Å². The molecule has 5 nitrogen and oxygen atoms in total. The summed E-state index contributed by atoms with van der Waals surface area (Å²) in [6.45, 7) is 1.94. The average Bonchev–Trinajstić information content (AvgIpc) is 2.90. The van der Waals surface area contributed by atoms with E-state index in [0.717, 1.165) is 16.4 Å². The van der Waals surface area contributed by atoms with E-state index in [-0.39, 0.29) is 39.8 Å². The van der Waals surface area contributed by atoms with Crippen molar-refractivity contribution >= 4 is 32.5 Å². The Hall–Kier alpha value is -0.860. The summed E-state index contributed by atoms with van der Waals surface area (Å²) < 4.78 is 23.0. The molecule has 2 N–H and O–H groups in total. The molecule has 114 valence electrons. The van der Waals surface area contributed by atoms with E-state index in [1.54, 1.807) is 0 Å². The third-order valence-corrected chi connectivity index (χ3v) is 6.59. The van der Waals surface area contributed by atoms with Crippen LogP contribution in [0, 0.1) is 0 Å². The summed E-state index contributed by atoms with van der Waals surface area (Å²) >= 11 is 1.53. The van der Waals surface area contributed by atoms with Gasteiger partial charge in [-0.3, -0.25) is 4.99 Å². The highest BCUT2D eigenvalue weighted by atomic mass is 79.9. The van der Waals surface area contributed by atoms with Gasteiger partial charge in [0.2, 0.25) is 0 Å². The molecule has 0 saturated carbocycles. The summed E-state index contributed by atoms with van der Waals surface area (Å²) in [4.78, 5) is 3.20. The van der Waals surface area contributed by atoms with Gasteiger partial charge in [0.25, 0.3) is 0 Å². The smallest absolute Gasteiger partial charge is 0.330 e. The van der Waals surface area contributed by atoms with E-state index in [4.69, 9.17) is 0 Å². The first-order valence-electron chi connectivity index (χ1n) is 6.40. The molecule has 21 heavy (non-hydrogen) atoms. The number of nitrogens with one attached hydrogen (secondary N) is 2. The van der Waals surface area contributed by atoms with Crippen molar-refractivity contribution in [3.63, 3.8) is 0 Å². The molecule has 2 unspecified atom stereocenters. The van der Waals surface area contributed by atoms with Gasteiger partial charge in [0, 0.05) is 0 Å². The number of hydrazone groups is 1. The second-order valence-corrected chi connectivity index (χ2v) is 8.39. The summed E-state index contributed by atoms with van der Waals surface area (Å²) in [5.74, 6) is 0.471. The van der Waals surface area contributed by atoms with Crippen molar-refractivity contribution in [2.24, 2.45) is 5.10 Å². The molecule has 2 atom stereocenters. The highest BCUT2D eigenvalue weighted by Crippen LogP contribution is 2.25. The molecule has 1 saturated heterocycles.